The maximum Gasteiger partial charge on any atom is 0.330 e. The largest absolute Gasteiger partial charge is 0.427 e. The third kappa shape index (κ3) is 4.59. The van der Waals surface area contributed by atoms with Crippen LogP contribution in [-0.4, -0.2) is 23.8 Å². The zero-order chi connectivity index (χ0) is 17.8. The molecule has 0 unspecified atom stereocenters. The molecule has 0 aliphatic rings. The van der Waals surface area contributed by atoms with Gasteiger partial charge in [0.05, 0.1) is 11.2 Å². The van der Waals surface area contributed by atoms with Gasteiger partial charge in [-0.25, -0.2) is 0 Å². The average molecular weight is 321 g/mol. The van der Waals surface area contributed by atoms with Crippen LogP contribution in [0, 0.1) is 0 Å². The highest BCUT2D eigenvalue weighted by Gasteiger charge is 2.35. The first-order valence-electron chi connectivity index (χ1n) is 8.29. The summed E-state index contributed by atoms with van der Waals surface area (Å²) >= 11 is 0. The van der Waals surface area contributed by atoms with Crippen molar-refractivity contribution in [1.82, 2.24) is 0 Å². The fourth-order valence-corrected chi connectivity index (χ4v) is 2.17. The van der Waals surface area contributed by atoms with Crippen molar-refractivity contribution in [2.75, 3.05) is 0 Å². The van der Waals surface area contributed by atoms with E-state index in [1.54, 1.807) is 21.3 Å². The van der Waals surface area contributed by atoms with Gasteiger partial charge in [-0.3, -0.25) is 0 Å². The van der Waals surface area contributed by atoms with Crippen LogP contribution < -0.4 is 5.46 Å². The molecule has 125 valence electrons. The molecule has 0 atom stereocenters. The number of rotatable bonds is 6. The zero-order valence-corrected chi connectivity index (χ0v) is 15.2. The maximum atomic E-state index is 10.2. The van der Waals surface area contributed by atoms with Crippen LogP contribution in [0.5, 0.6) is 0 Å². The van der Waals surface area contributed by atoms with Gasteiger partial charge in [0.2, 0.25) is 0 Å². The van der Waals surface area contributed by atoms with Crippen molar-refractivity contribution in [1.29, 1.82) is 0 Å². The van der Waals surface area contributed by atoms with Crippen LogP contribution >= 0.6 is 0 Å². The molecule has 0 heterocycles. The molecule has 2 aromatic carbocycles. The predicted molar refractivity (Wildman–Crippen MR) is 103 cm³/mol. The van der Waals surface area contributed by atoms with E-state index in [1.165, 1.54) is 11.1 Å². The topological polar surface area (TPSA) is 29.5 Å². The molecule has 0 aliphatic carbocycles. The number of aliphatic hydroxyl groups is 1. The molecule has 2 rings (SSSR count). The van der Waals surface area contributed by atoms with Crippen LogP contribution in [0.15, 0.2) is 54.6 Å². The van der Waals surface area contributed by atoms with Crippen LogP contribution in [0.4, 0.5) is 0 Å². The quantitative estimate of drug-likeness (QED) is 0.808. The summed E-state index contributed by atoms with van der Waals surface area (Å²) in [5, 5.41) is 10.2. The van der Waals surface area contributed by atoms with Crippen molar-refractivity contribution in [2.24, 2.45) is 0 Å². The van der Waals surface area contributed by atoms with E-state index in [9.17, 15) is 5.11 Å². The van der Waals surface area contributed by atoms with Gasteiger partial charge in [-0.05, 0) is 57.4 Å². The van der Waals surface area contributed by atoms with Crippen molar-refractivity contribution >= 4 is 19.0 Å². The van der Waals surface area contributed by atoms with Crippen LogP contribution in [0.1, 0.15) is 40.2 Å². The van der Waals surface area contributed by atoms with E-state index < -0.39 is 11.2 Å². The Kier molecular flexibility index (Phi) is 5.68. The van der Waals surface area contributed by atoms with Gasteiger partial charge in [0, 0.05) is 0 Å². The van der Waals surface area contributed by atoms with Gasteiger partial charge < -0.3 is 9.76 Å². The van der Waals surface area contributed by atoms with Crippen LogP contribution in [0.25, 0.3) is 17.2 Å². The lowest BCUT2D eigenvalue weighted by Crippen LogP contribution is -2.49. The Hall–Kier alpha value is -1.84. The SMILES string of the molecule is C/C=C/c1cccc(-c2cccc([B]OC(C)(C)C(C)(C)O)c2)c1. The molecule has 1 N–H and O–H groups in total. The number of benzene rings is 2. The predicted octanol–water partition coefficient (Wildman–Crippen LogP) is 4.20. The zero-order valence-electron chi connectivity index (χ0n) is 15.2. The molecule has 2 nitrogen and oxygen atoms in total. The molecule has 0 amide bonds. The lowest BCUT2D eigenvalue weighted by atomic mass is 9.81. The van der Waals surface area contributed by atoms with Gasteiger partial charge in [0.25, 0.3) is 0 Å². The molecule has 3 heteroatoms. The van der Waals surface area contributed by atoms with Crippen molar-refractivity contribution in [3.63, 3.8) is 0 Å². The molecule has 2 aromatic rings. The summed E-state index contributed by atoms with van der Waals surface area (Å²) in [4.78, 5) is 0. The third-order valence-electron chi connectivity index (χ3n) is 4.43. The van der Waals surface area contributed by atoms with E-state index in [0.717, 1.165) is 11.0 Å². The monoisotopic (exact) mass is 321 g/mol. The van der Waals surface area contributed by atoms with Crippen molar-refractivity contribution < 1.29 is 9.76 Å². The molecule has 0 spiro atoms. The molecule has 0 saturated heterocycles. The second kappa shape index (κ2) is 7.37. The highest BCUT2D eigenvalue weighted by Crippen LogP contribution is 2.24. The molecule has 0 fully saturated rings. The summed E-state index contributed by atoms with van der Waals surface area (Å²) in [6.45, 7) is 9.29. The van der Waals surface area contributed by atoms with Crippen LogP contribution in [0.3, 0.4) is 0 Å². The molecule has 1 radical (unpaired) electrons. The van der Waals surface area contributed by atoms with E-state index >= 15 is 0 Å². The Bertz CT molecular complexity index is 712. The van der Waals surface area contributed by atoms with E-state index in [4.69, 9.17) is 4.65 Å². The summed E-state index contributed by atoms with van der Waals surface area (Å²) < 4.78 is 5.85. The molecule has 0 bridgehead atoms. The Balaban J connectivity index is 2.19. The second-order valence-electron chi connectivity index (χ2n) is 7.06. The average Bonchev–Trinajstić information content (AvgIpc) is 2.53. The molecular formula is C21H26BO2. The number of allylic oxidation sites excluding steroid dienone is 1. The minimum atomic E-state index is -0.929. The van der Waals surface area contributed by atoms with Crippen LogP contribution in [0.2, 0.25) is 0 Å². The first-order chi connectivity index (χ1) is 11.2. The summed E-state index contributed by atoms with van der Waals surface area (Å²) in [6.07, 6.45) is 4.13. The van der Waals surface area contributed by atoms with Crippen molar-refractivity contribution in [3.05, 3.63) is 60.2 Å². The number of hydrogen-bond donors (Lipinski definition) is 1. The first kappa shape index (κ1) is 18.5. The second-order valence-corrected chi connectivity index (χ2v) is 7.06. The van der Waals surface area contributed by atoms with Crippen molar-refractivity contribution in [3.8, 4) is 11.1 Å². The summed E-state index contributed by atoms with van der Waals surface area (Å²) in [6, 6.07) is 16.6. The molecule has 0 saturated carbocycles. The first-order valence-corrected chi connectivity index (χ1v) is 8.29. The van der Waals surface area contributed by atoms with Gasteiger partial charge >= 0.3 is 7.48 Å². The molecule has 24 heavy (non-hydrogen) atoms. The Morgan fingerprint density at radius 3 is 2.21 bits per heavy atom. The smallest absolute Gasteiger partial charge is 0.330 e. The molecule has 0 aromatic heterocycles. The lowest BCUT2D eigenvalue weighted by Gasteiger charge is -2.37. The summed E-state index contributed by atoms with van der Waals surface area (Å²) in [5.74, 6) is 0. The van der Waals surface area contributed by atoms with Crippen molar-refractivity contribution in [2.45, 2.75) is 45.8 Å². The minimum Gasteiger partial charge on any atom is -0.427 e. The van der Waals surface area contributed by atoms with E-state index in [-0.39, 0.29) is 0 Å². The summed E-state index contributed by atoms with van der Waals surface area (Å²) in [7, 11) is 1.72. The fourth-order valence-electron chi connectivity index (χ4n) is 2.17. The fraction of sp³-hybridized carbons (Fsp3) is 0.333. The minimum absolute atomic E-state index is 0.672. The summed E-state index contributed by atoms with van der Waals surface area (Å²) in [5.41, 5.74) is 2.86. The van der Waals surface area contributed by atoms with Gasteiger partial charge in [0.15, 0.2) is 0 Å². The van der Waals surface area contributed by atoms with Gasteiger partial charge in [0.1, 0.15) is 0 Å². The maximum absolute atomic E-state index is 10.2. The molecular weight excluding hydrogens is 295 g/mol. The highest BCUT2D eigenvalue weighted by molar-refractivity contribution is 6.47. The van der Waals surface area contributed by atoms with Gasteiger partial charge in [-0.15, -0.1) is 0 Å². The lowest BCUT2D eigenvalue weighted by molar-refractivity contribution is -0.0893. The van der Waals surface area contributed by atoms with Crippen LogP contribution in [-0.2, 0) is 4.65 Å². The van der Waals surface area contributed by atoms with Gasteiger partial charge in [-0.2, -0.15) is 0 Å². The Labute approximate surface area is 146 Å². The molecule has 0 aliphatic heterocycles. The number of hydrogen-bond acceptors (Lipinski definition) is 2. The van der Waals surface area contributed by atoms with E-state index in [0.29, 0.717) is 0 Å². The van der Waals surface area contributed by atoms with Gasteiger partial charge in [-0.1, -0.05) is 60.1 Å². The third-order valence-corrected chi connectivity index (χ3v) is 4.43. The normalized spacial score (nSPS) is 12.6. The Morgan fingerprint density at radius 1 is 0.958 bits per heavy atom. The standard InChI is InChI=1S/C21H26BO2/c1-6-9-16-10-7-11-17(14-16)18-12-8-13-19(15-18)22-24-21(4,5)20(2,3)23/h6-15,23H,1-5H3/b9-6+. The van der Waals surface area contributed by atoms with E-state index in [1.807, 2.05) is 39.0 Å². The highest BCUT2D eigenvalue weighted by atomic mass is 16.5. The Morgan fingerprint density at radius 2 is 1.58 bits per heavy atom. The van der Waals surface area contributed by atoms with E-state index in [2.05, 4.69) is 42.5 Å².